The summed E-state index contributed by atoms with van der Waals surface area (Å²) >= 11 is 0. The van der Waals surface area contributed by atoms with Gasteiger partial charge in [0.05, 0.1) is 18.6 Å². The van der Waals surface area contributed by atoms with Gasteiger partial charge in [0.15, 0.2) is 0 Å². The van der Waals surface area contributed by atoms with E-state index < -0.39 is 0 Å². The summed E-state index contributed by atoms with van der Waals surface area (Å²) in [6.07, 6.45) is 9.26. The average molecular weight is 518 g/mol. The number of amides is 2. The second-order valence-corrected chi connectivity index (χ2v) is 11.6. The molecule has 2 aromatic carbocycles. The van der Waals surface area contributed by atoms with E-state index in [-0.39, 0.29) is 17.4 Å². The Morgan fingerprint density at radius 2 is 1.68 bits per heavy atom. The maximum absolute atomic E-state index is 13.5. The molecule has 3 aliphatic rings. The number of hydrogen-bond acceptors (Lipinski definition) is 4. The number of nitrogens with one attached hydrogen (secondary N) is 1. The van der Waals surface area contributed by atoms with Crippen LogP contribution in [-0.4, -0.2) is 54.9 Å². The summed E-state index contributed by atoms with van der Waals surface area (Å²) in [6.45, 7) is 4.34. The summed E-state index contributed by atoms with van der Waals surface area (Å²) in [6, 6.07) is 18.5. The zero-order valence-electron chi connectivity index (χ0n) is 22.9. The van der Waals surface area contributed by atoms with E-state index in [0.717, 1.165) is 63.2 Å². The molecule has 2 heterocycles. The molecule has 5 rings (SSSR count). The molecule has 0 bridgehead atoms. The van der Waals surface area contributed by atoms with E-state index in [2.05, 4.69) is 46.6 Å². The van der Waals surface area contributed by atoms with Crippen LogP contribution in [0.5, 0.6) is 5.75 Å². The van der Waals surface area contributed by atoms with Crippen molar-refractivity contribution in [2.75, 3.05) is 33.3 Å². The van der Waals surface area contributed by atoms with Crippen LogP contribution in [0.4, 0.5) is 0 Å². The van der Waals surface area contributed by atoms with Gasteiger partial charge < -0.3 is 19.9 Å². The van der Waals surface area contributed by atoms with E-state index in [1.165, 1.54) is 31.2 Å². The third kappa shape index (κ3) is 6.40. The molecule has 1 spiro atoms. The largest absolute Gasteiger partial charge is 0.497 e. The van der Waals surface area contributed by atoms with Crippen molar-refractivity contribution in [2.45, 2.75) is 70.4 Å². The van der Waals surface area contributed by atoms with Crippen LogP contribution in [-0.2, 0) is 16.1 Å². The van der Waals surface area contributed by atoms with E-state index in [1.807, 2.05) is 23.1 Å². The number of carbonyl (C=O) groups is 2. The lowest BCUT2D eigenvalue weighted by atomic mass is 9.77. The molecule has 2 saturated heterocycles. The summed E-state index contributed by atoms with van der Waals surface area (Å²) in [5, 5.41) is 3.36. The van der Waals surface area contributed by atoms with Gasteiger partial charge in [-0.05, 0) is 80.8 Å². The van der Waals surface area contributed by atoms with Crippen molar-refractivity contribution >= 4 is 11.8 Å². The molecule has 1 atom stereocenters. The van der Waals surface area contributed by atoms with Gasteiger partial charge >= 0.3 is 0 Å². The fraction of sp³-hybridized carbons (Fsp3) is 0.562. The average Bonchev–Trinajstić information content (AvgIpc) is 3.57. The highest BCUT2D eigenvalue weighted by Crippen LogP contribution is 2.42. The number of ether oxygens (including phenoxy) is 1. The molecule has 1 saturated carbocycles. The minimum absolute atomic E-state index is 0.0362. The topological polar surface area (TPSA) is 61.9 Å². The smallest absolute Gasteiger partial charge is 0.229 e. The van der Waals surface area contributed by atoms with Gasteiger partial charge in [0, 0.05) is 26.1 Å². The molecule has 1 N–H and O–H groups in total. The van der Waals surface area contributed by atoms with Crippen LogP contribution in [0.3, 0.4) is 0 Å². The highest BCUT2D eigenvalue weighted by molar-refractivity contribution is 5.85. The van der Waals surface area contributed by atoms with E-state index in [1.54, 1.807) is 7.11 Å². The summed E-state index contributed by atoms with van der Waals surface area (Å²) < 4.78 is 5.26. The molecule has 0 radical (unpaired) electrons. The molecule has 1 aliphatic carbocycles. The third-order valence-electron chi connectivity index (χ3n) is 9.17. The summed E-state index contributed by atoms with van der Waals surface area (Å²) in [7, 11) is 1.67. The lowest BCUT2D eigenvalue weighted by Gasteiger charge is -2.38. The Balaban J connectivity index is 1.12. The molecule has 2 aliphatic heterocycles. The van der Waals surface area contributed by atoms with Gasteiger partial charge in [-0.15, -0.1) is 0 Å². The minimum atomic E-state index is -0.197. The van der Waals surface area contributed by atoms with Gasteiger partial charge in [-0.1, -0.05) is 55.3 Å². The van der Waals surface area contributed by atoms with Crippen molar-refractivity contribution in [1.29, 1.82) is 0 Å². The number of nitrogens with zero attached hydrogens (tertiary/aromatic N) is 2. The molecule has 204 valence electrons. The minimum Gasteiger partial charge on any atom is -0.497 e. The number of methoxy groups -OCH3 is 1. The molecule has 2 amide bonds. The van der Waals surface area contributed by atoms with Gasteiger partial charge in [-0.2, -0.15) is 0 Å². The first-order valence-electron chi connectivity index (χ1n) is 14.5. The molecule has 38 heavy (non-hydrogen) atoms. The van der Waals surface area contributed by atoms with Crippen molar-refractivity contribution in [3.8, 4) is 5.75 Å². The van der Waals surface area contributed by atoms with Crippen molar-refractivity contribution in [2.24, 2.45) is 11.3 Å². The standard InChI is InChI=1S/C32H43N3O3/c1-38-28-13-11-26(12-14-28)24-35-22-18-32(31(35)37)16-20-34(21-17-32)19-15-29(27-9-3-2-4-10-27)33-30(36)23-25-7-5-6-8-25/h2-4,9-14,25,29H,5-8,15-24H2,1H3,(H,33,36). The van der Waals surface area contributed by atoms with Crippen molar-refractivity contribution in [1.82, 2.24) is 15.1 Å². The van der Waals surface area contributed by atoms with E-state index in [4.69, 9.17) is 4.74 Å². The lowest BCUT2D eigenvalue weighted by Crippen LogP contribution is -2.45. The fourth-order valence-corrected chi connectivity index (χ4v) is 6.71. The number of hydrogen-bond donors (Lipinski definition) is 1. The Morgan fingerprint density at radius 3 is 2.37 bits per heavy atom. The molecule has 3 fully saturated rings. The van der Waals surface area contributed by atoms with Gasteiger partial charge in [0.1, 0.15) is 5.75 Å². The molecule has 6 nitrogen and oxygen atoms in total. The highest BCUT2D eigenvalue weighted by atomic mass is 16.5. The Bertz CT molecular complexity index is 1060. The normalized spacial score (nSPS) is 20.7. The highest BCUT2D eigenvalue weighted by Gasteiger charge is 2.47. The maximum atomic E-state index is 13.5. The monoisotopic (exact) mass is 517 g/mol. The molecule has 0 aromatic heterocycles. The predicted octanol–water partition coefficient (Wildman–Crippen LogP) is 5.34. The number of piperidine rings is 1. The molecule has 1 unspecified atom stereocenters. The van der Waals surface area contributed by atoms with E-state index >= 15 is 0 Å². The van der Waals surface area contributed by atoms with Gasteiger partial charge in [-0.3, -0.25) is 9.59 Å². The van der Waals surface area contributed by atoms with Crippen LogP contribution >= 0.6 is 0 Å². The molecule has 2 aromatic rings. The van der Waals surface area contributed by atoms with Crippen molar-refractivity contribution in [3.05, 3.63) is 65.7 Å². The Morgan fingerprint density at radius 1 is 1.00 bits per heavy atom. The second-order valence-electron chi connectivity index (χ2n) is 11.6. The van der Waals surface area contributed by atoms with Crippen LogP contribution in [0.2, 0.25) is 0 Å². The maximum Gasteiger partial charge on any atom is 0.229 e. The first kappa shape index (κ1) is 26.7. The molecule has 6 heteroatoms. The van der Waals surface area contributed by atoms with Crippen LogP contribution in [0, 0.1) is 11.3 Å². The lowest BCUT2D eigenvalue weighted by molar-refractivity contribution is -0.139. The number of benzene rings is 2. The third-order valence-corrected chi connectivity index (χ3v) is 9.17. The Labute approximate surface area is 227 Å². The molecular formula is C32H43N3O3. The SMILES string of the molecule is COc1ccc(CN2CCC3(CCN(CCC(NC(=O)CC4CCCC4)c4ccccc4)CC3)C2=O)cc1. The Kier molecular flexibility index (Phi) is 8.68. The quantitative estimate of drug-likeness (QED) is 0.462. The van der Waals surface area contributed by atoms with Crippen molar-refractivity contribution in [3.63, 3.8) is 0 Å². The van der Waals surface area contributed by atoms with E-state index in [0.29, 0.717) is 24.8 Å². The fourth-order valence-electron chi connectivity index (χ4n) is 6.71. The van der Waals surface area contributed by atoms with Gasteiger partial charge in [-0.25, -0.2) is 0 Å². The van der Waals surface area contributed by atoms with Crippen molar-refractivity contribution < 1.29 is 14.3 Å². The van der Waals surface area contributed by atoms with E-state index in [9.17, 15) is 9.59 Å². The first-order valence-corrected chi connectivity index (χ1v) is 14.5. The number of likely N-dealkylation sites (tertiary alicyclic amines) is 2. The van der Waals surface area contributed by atoms with Crippen LogP contribution < -0.4 is 10.1 Å². The first-order chi connectivity index (χ1) is 18.5. The van der Waals surface area contributed by atoms with Gasteiger partial charge in [0.2, 0.25) is 11.8 Å². The van der Waals surface area contributed by atoms with Crippen LogP contribution in [0.15, 0.2) is 54.6 Å². The van der Waals surface area contributed by atoms with Crippen LogP contribution in [0.25, 0.3) is 0 Å². The number of carbonyl (C=O) groups excluding carboxylic acids is 2. The zero-order chi connectivity index (χ0) is 26.4. The number of rotatable bonds is 10. The Hall–Kier alpha value is -2.86. The molecular weight excluding hydrogens is 474 g/mol. The predicted molar refractivity (Wildman–Crippen MR) is 150 cm³/mol. The summed E-state index contributed by atoms with van der Waals surface area (Å²) in [4.78, 5) is 30.9. The zero-order valence-corrected chi connectivity index (χ0v) is 22.9. The second kappa shape index (κ2) is 12.3. The summed E-state index contributed by atoms with van der Waals surface area (Å²) in [5.74, 6) is 1.91. The van der Waals surface area contributed by atoms with Gasteiger partial charge in [0.25, 0.3) is 0 Å². The van der Waals surface area contributed by atoms with Crippen LogP contribution in [0.1, 0.15) is 75.0 Å². The summed E-state index contributed by atoms with van der Waals surface area (Å²) in [5.41, 5.74) is 2.13.